The van der Waals surface area contributed by atoms with Crippen molar-refractivity contribution in [1.29, 1.82) is 0 Å². The van der Waals surface area contributed by atoms with Crippen LogP contribution in [-0.4, -0.2) is 15.0 Å². The lowest BCUT2D eigenvalue weighted by atomic mass is 9.92. The molecule has 0 saturated carbocycles. The van der Waals surface area contributed by atoms with E-state index in [2.05, 4.69) is 26.1 Å². The van der Waals surface area contributed by atoms with Crippen molar-refractivity contribution in [3.05, 3.63) is 18.2 Å². The molecule has 0 amide bonds. The monoisotopic (exact) mass is 271 g/mol. The van der Waals surface area contributed by atoms with Gasteiger partial charge >= 0.3 is 0 Å². The van der Waals surface area contributed by atoms with Crippen LogP contribution in [-0.2, 0) is 10.0 Å². The molecule has 0 fully saturated rings. The lowest BCUT2D eigenvalue weighted by Crippen LogP contribution is -2.15. The Morgan fingerprint density at radius 3 is 2.39 bits per heavy atom. The number of benzene rings is 1. The summed E-state index contributed by atoms with van der Waals surface area (Å²) in [4.78, 5) is 0.0648. The molecule has 0 aliphatic heterocycles. The number of primary sulfonamides is 1. The Morgan fingerprint density at radius 1 is 1.28 bits per heavy atom. The van der Waals surface area contributed by atoms with E-state index in [4.69, 9.17) is 10.9 Å². The van der Waals surface area contributed by atoms with Gasteiger partial charge in [0, 0.05) is 6.54 Å². The first-order valence-corrected chi connectivity index (χ1v) is 7.30. The predicted octanol–water partition coefficient (Wildman–Crippen LogP) is 1.76. The van der Waals surface area contributed by atoms with Gasteiger partial charge in [-0.05, 0) is 30.0 Å². The van der Waals surface area contributed by atoms with E-state index in [-0.39, 0.29) is 10.3 Å². The Labute approximate surface area is 109 Å². The van der Waals surface area contributed by atoms with Crippen LogP contribution in [0, 0.1) is 5.41 Å². The lowest BCUT2D eigenvalue weighted by molar-refractivity contribution is 0.390. The maximum absolute atomic E-state index is 11.2. The maximum atomic E-state index is 11.2. The first-order chi connectivity index (χ1) is 8.09. The summed E-state index contributed by atoms with van der Waals surface area (Å²) in [5.41, 5.74) is 7.11. The van der Waals surface area contributed by atoms with Gasteiger partial charge in [-0.1, -0.05) is 20.8 Å². The first kappa shape index (κ1) is 14.8. The molecule has 0 aliphatic rings. The lowest BCUT2D eigenvalue weighted by Gasteiger charge is -2.19. The second kappa shape index (κ2) is 5.16. The number of nitrogens with two attached hydrogens (primary N) is 2. The van der Waals surface area contributed by atoms with Gasteiger partial charge in [-0.15, -0.1) is 0 Å². The fourth-order valence-electron chi connectivity index (χ4n) is 1.44. The molecule has 5 N–H and O–H groups in total. The third-order valence-corrected chi connectivity index (χ3v) is 3.45. The van der Waals surface area contributed by atoms with Crippen molar-refractivity contribution < 1.29 is 8.42 Å². The van der Waals surface area contributed by atoms with E-state index in [0.717, 1.165) is 13.0 Å². The summed E-state index contributed by atoms with van der Waals surface area (Å²) in [5.74, 6) is 0. The van der Waals surface area contributed by atoms with E-state index in [1.165, 1.54) is 12.1 Å². The van der Waals surface area contributed by atoms with E-state index in [9.17, 15) is 8.42 Å². The standard InChI is InChI=1S/C12H21N3O2S/c1-12(2,3)6-7-15-11-8-9(18(14,16)17)4-5-10(11)13/h4-5,8,15H,6-7,13H2,1-3H3,(H2,14,16,17). The highest BCUT2D eigenvalue weighted by atomic mass is 32.2. The summed E-state index contributed by atoms with van der Waals surface area (Å²) in [7, 11) is -3.69. The van der Waals surface area contributed by atoms with Crippen LogP contribution in [0.3, 0.4) is 0 Å². The zero-order valence-electron chi connectivity index (χ0n) is 11.0. The van der Waals surface area contributed by atoms with Gasteiger partial charge in [0.2, 0.25) is 10.0 Å². The van der Waals surface area contributed by atoms with Crippen molar-refractivity contribution in [2.75, 3.05) is 17.6 Å². The molecular weight excluding hydrogens is 250 g/mol. The SMILES string of the molecule is CC(C)(C)CCNc1cc(S(N)(=O)=O)ccc1N. The molecule has 0 heterocycles. The molecule has 0 aromatic heterocycles. The highest BCUT2D eigenvalue weighted by Crippen LogP contribution is 2.24. The minimum absolute atomic E-state index is 0.0648. The quantitative estimate of drug-likeness (QED) is 0.727. The molecule has 0 atom stereocenters. The molecular formula is C12H21N3O2S. The molecule has 1 aromatic carbocycles. The van der Waals surface area contributed by atoms with Gasteiger partial charge in [0.05, 0.1) is 16.3 Å². The summed E-state index contributed by atoms with van der Waals surface area (Å²) in [6.07, 6.45) is 0.950. The van der Waals surface area contributed by atoms with Crippen LogP contribution >= 0.6 is 0 Å². The second-order valence-electron chi connectivity index (χ2n) is 5.53. The molecule has 0 saturated heterocycles. The van der Waals surface area contributed by atoms with Crippen molar-refractivity contribution in [3.63, 3.8) is 0 Å². The van der Waals surface area contributed by atoms with Gasteiger partial charge in [0.15, 0.2) is 0 Å². The highest BCUT2D eigenvalue weighted by molar-refractivity contribution is 7.89. The number of anilines is 2. The molecule has 6 heteroatoms. The van der Waals surface area contributed by atoms with Crippen LogP contribution in [0.1, 0.15) is 27.2 Å². The molecule has 102 valence electrons. The summed E-state index contributed by atoms with van der Waals surface area (Å²) >= 11 is 0. The summed E-state index contributed by atoms with van der Waals surface area (Å²) in [5, 5.41) is 8.21. The molecule has 1 rings (SSSR count). The van der Waals surface area contributed by atoms with E-state index in [1.54, 1.807) is 6.07 Å². The number of hydrogen-bond donors (Lipinski definition) is 3. The molecule has 5 nitrogen and oxygen atoms in total. The van der Waals surface area contributed by atoms with Gasteiger partial charge in [-0.2, -0.15) is 0 Å². The minimum Gasteiger partial charge on any atom is -0.397 e. The van der Waals surface area contributed by atoms with Crippen LogP contribution in [0.4, 0.5) is 11.4 Å². The Kier molecular flexibility index (Phi) is 4.24. The fraction of sp³-hybridized carbons (Fsp3) is 0.500. The summed E-state index contributed by atoms with van der Waals surface area (Å²) in [6, 6.07) is 4.41. The Bertz CT molecular complexity index is 519. The van der Waals surface area contributed by atoms with Crippen molar-refractivity contribution >= 4 is 21.4 Å². The maximum Gasteiger partial charge on any atom is 0.238 e. The summed E-state index contributed by atoms with van der Waals surface area (Å²) in [6.45, 7) is 7.14. The average molecular weight is 271 g/mol. The van der Waals surface area contributed by atoms with Gasteiger partial charge < -0.3 is 11.1 Å². The topological polar surface area (TPSA) is 98.2 Å². The number of nitrogens with one attached hydrogen (secondary N) is 1. The number of hydrogen-bond acceptors (Lipinski definition) is 4. The van der Waals surface area contributed by atoms with E-state index < -0.39 is 10.0 Å². The van der Waals surface area contributed by atoms with E-state index in [0.29, 0.717) is 11.4 Å². The van der Waals surface area contributed by atoms with Crippen molar-refractivity contribution in [2.24, 2.45) is 10.6 Å². The highest BCUT2D eigenvalue weighted by Gasteiger charge is 2.12. The second-order valence-corrected chi connectivity index (χ2v) is 7.09. The van der Waals surface area contributed by atoms with Crippen LogP contribution in [0.25, 0.3) is 0 Å². The Balaban J connectivity index is 2.83. The first-order valence-electron chi connectivity index (χ1n) is 5.76. The fourth-order valence-corrected chi connectivity index (χ4v) is 1.98. The van der Waals surface area contributed by atoms with Crippen LogP contribution in [0.15, 0.2) is 23.1 Å². The third kappa shape index (κ3) is 4.54. The normalized spacial score (nSPS) is 12.4. The largest absolute Gasteiger partial charge is 0.397 e. The van der Waals surface area contributed by atoms with Gasteiger partial charge in [0.25, 0.3) is 0 Å². The minimum atomic E-state index is -3.69. The van der Waals surface area contributed by atoms with E-state index in [1.807, 2.05) is 0 Å². The third-order valence-electron chi connectivity index (χ3n) is 2.54. The zero-order chi connectivity index (χ0) is 14.0. The Morgan fingerprint density at radius 2 is 1.89 bits per heavy atom. The van der Waals surface area contributed by atoms with Crippen LogP contribution < -0.4 is 16.2 Å². The van der Waals surface area contributed by atoms with Gasteiger partial charge in [-0.3, -0.25) is 0 Å². The number of nitrogen functional groups attached to an aromatic ring is 1. The zero-order valence-corrected chi connectivity index (χ0v) is 11.8. The smallest absolute Gasteiger partial charge is 0.238 e. The van der Waals surface area contributed by atoms with E-state index >= 15 is 0 Å². The molecule has 0 bridgehead atoms. The van der Waals surface area contributed by atoms with Crippen molar-refractivity contribution in [2.45, 2.75) is 32.1 Å². The number of rotatable bonds is 4. The number of sulfonamides is 1. The predicted molar refractivity (Wildman–Crippen MR) is 74.8 cm³/mol. The molecule has 0 radical (unpaired) electrons. The van der Waals surface area contributed by atoms with Gasteiger partial charge in [-0.25, -0.2) is 13.6 Å². The molecule has 0 spiro atoms. The van der Waals surface area contributed by atoms with Crippen molar-refractivity contribution in [1.82, 2.24) is 0 Å². The summed E-state index contributed by atoms with van der Waals surface area (Å²) < 4.78 is 22.5. The van der Waals surface area contributed by atoms with Crippen LogP contribution in [0.2, 0.25) is 0 Å². The van der Waals surface area contributed by atoms with Crippen molar-refractivity contribution in [3.8, 4) is 0 Å². The molecule has 0 unspecified atom stereocenters. The molecule has 0 aliphatic carbocycles. The van der Waals surface area contributed by atoms with Gasteiger partial charge in [0.1, 0.15) is 0 Å². The Hall–Kier alpha value is -1.27. The molecule has 18 heavy (non-hydrogen) atoms. The average Bonchev–Trinajstić information content (AvgIpc) is 2.17. The molecule has 1 aromatic rings. The van der Waals surface area contributed by atoms with Crippen LogP contribution in [0.5, 0.6) is 0 Å².